The number of nitrogens with zero attached hydrogens (tertiary/aromatic N) is 1. The standard InChI is InChI=1S/C13H18N2O/c1-8(2)10-5-6-15-11(7-9-3-4-9)12(10)13(14)16/h5-6,8-9H,3-4,7H2,1-2H3,(H2,14,16). The minimum absolute atomic E-state index is 0.309. The summed E-state index contributed by atoms with van der Waals surface area (Å²) in [5.74, 6) is 0.684. The third kappa shape index (κ3) is 2.23. The highest BCUT2D eigenvalue weighted by atomic mass is 16.1. The lowest BCUT2D eigenvalue weighted by Gasteiger charge is -2.13. The Hall–Kier alpha value is -1.38. The van der Waals surface area contributed by atoms with E-state index in [4.69, 9.17) is 5.73 Å². The lowest BCUT2D eigenvalue weighted by molar-refractivity contribution is 0.0997. The maximum absolute atomic E-state index is 11.5. The number of nitrogens with two attached hydrogens (primary N) is 1. The first kappa shape index (κ1) is 11.1. The van der Waals surface area contributed by atoms with Crippen molar-refractivity contribution < 1.29 is 4.79 Å². The molecular formula is C13H18N2O. The van der Waals surface area contributed by atoms with E-state index in [-0.39, 0.29) is 5.91 Å². The van der Waals surface area contributed by atoms with E-state index in [9.17, 15) is 4.79 Å². The molecule has 1 heterocycles. The van der Waals surface area contributed by atoms with Crippen LogP contribution in [0, 0.1) is 5.92 Å². The fourth-order valence-corrected chi connectivity index (χ4v) is 2.04. The number of carbonyl (C=O) groups excluding carboxylic acids is 1. The fourth-order valence-electron chi connectivity index (χ4n) is 2.04. The van der Waals surface area contributed by atoms with E-state index in [0.717, 1.165) is 17.7 Å². The first-order chi connectivity index (χ1) is 7.59. The van der Waals surface area contributed by atoms with Crippen molar-refractivity contribution in [3.05, 3.63) is 29.1 Å². The average Bonchev–Trinajstić information content (AvgIpc) is 3.00. The lowest BCUT2D eigenvalue weighted by Crippen LogP contribution is -2.18. The summed E-state index contributed by atoms with van der Waals surface area (Å²) < 4.78 is 0. The number of carbonyl (C=O) groups is 1. The molecule has 16 heavy (non-hydrogen) atoms. The van der Waals surface area contributed by atoms with Gasteiger partial charge in [-0.15, -0.1) is 0 Å². The molecule has 0 bridgehead atoms. The lowest BCUT2D eigenvalue weighted by atomic mass is 9.94. The molecule has 0 unspecified atom stereocenters. The van der Waals surface area contributed by atoms with Crippen molar-refractivity contribution in [2.75, 3.05) is 0 Å². The zero-order valence-electron chi connectivity index (χ0n) is 9.86. The molecule has 1 aromatic rings. The summed E-state index contributed by atoms with van der Waals surface area (Å²) in [5, 5.41) is 0. The Morgan fingerprint density at radius 2 is 2.25 bits per heavy atom. The van der Waals surface area contributed by atoms with E-state index in [2.05, 4.69) is 18.8 Å². The number of hydrogen-bond donors (Lipinski definition) is 1. The van der Waals surface area contributed by atoms with Crippen molar-refractivity contribution >= 4 is 5.91 Å². The van der Waals surface area contributed by atoms with Gasteiger partial charge < -0.3 is 5.73 Å². The van der Waals surface area contributed by atoms with Crippen LogP contribution in [-0.2, 0) is 6.42 Å². The van der Waals surface area contributed by atoms with Crippen molar-refractivity contribution in [2.45, 2.75) is 39.0 Å². The Bertz CT molecular complexity index is 408. The van der Waals surface area contributed by atoms with Crippen molar-refractivity contribution in [1.82, 2.24) is 4.98 Å². The predicted molar refractivity (Wildman–Crippen MR) is 63.3 cm³/mol. The van der Waals surface area contributed by atoms with Gasteiger partial charge in [-0.05, 0) is 42.7 Å². The smallest absolute Gasteiger partial charge is 0.250 e. The molecule has 1 aliphatic rings. The second-order valence-electron chi connectivity index (χ2n) is 4.89. The van der Waals surface area contributed by atoms with Crippen molar-refractivity contribution in [3.8, 4) is 0 Å². The number of aromatic nitrogens is 1. The minimum Gasteiger partial charge on any atom is -0.366 e. The maximum Gasteiger partial charge on any atom is 0.250 e. The van der Waals surface area contributed by atoms with Crippen molar-refractivity contribution in [1.29, 1.82) is 0 Å². The monoisotopic (exact) mass is 218 g/mol. The predicted octanol–water partition coefficient (Wildman–Crippen LogP) is 2.26. The second-order valence-corrected chi connectivity index (χ2v) is 4.89. The number of hydrogen-bond acceptors (Lipinski definition) is 2. The largest absolute Gasteiger partial charge is 0.366 e. The normalized spacial score (nSPS) is 15.4. The van der Waals surface area contributed by atoms with Gasteiger partial charge in [0.2, 0.25) is 0 Å². The quantitative estimate of drug-likeness (QED) is 0.842. The van der Waals surface area contributed by atoms with Crippen LogP contribution in [0.25, 0.3) is 0 Å². The number of pyridine rings is 1. The summed E-state index contributed by atoms with van der Waals surface area (Å²) in [6, 6.07) is 1.90. The molecule has 3 nitrogen and oxygen atoms in total. The van der Waals surface area contributed by atoms with E-state index in [1.807, 2.05) is 6.07 Å². The van der Waals surface area contributed by atoms with Gasteiger partial charge in [0.15, 0.2) is 0 Å². The molecule has 3 heteroatoms. The van der Waals surface area contributed by atoms with Gasteiger partial charge in [0.05, 0.1) is 11.3 Å². The van der Waals surface area contributed by atoms with Crippen LogP contribution in [0.5, 0.6) is 0 Å². The van der Waals surface area contributed by atoms with Crippen LogP contribution in [0.3, 0.4) is 0 Å². The Balaban J connectivity index is 2.41. The average molecular weight is 218 g/mol. The Labute approximate surface area is 96.1 Å². The van der Waals surface area contributed by atoms with Gasteiger partial charge in [-0.3, -0.25) is 9.78 Å². The van der Waals surface area contributed by atoms with Crippen LogP contribution >= 0.6 is 0 Å². The Kier molecular flexibility index (Phi) is 2.95. The first-order valence-electron chi connectivity index (χ1n) is 5.87. The SMILES string of the molecule is CC(C)c1ccnc(CC2CC2)c1C(N)=O. The van der Waals surface area contributed by atoms with Crippen LogP contribution in [0.4, 0.5) is 0 Å². The summed E-state index contributed by atoms with van der Waals surface area (Å²) in [6.07, 6.45) is 5.20. The van der Waals surface area contributed by atoms with Crippen LogP contribution in [0.2, 0.25) is 0 Å². The molecule has 0 aromatic carbocycles. The van der Waals surface area contributed by atoms with Gasteiger partial charge in [-0.1, -0.05) is 13.8 Å². The molecule has 1 aromatic heterocycles. The van der Waals surface area contributed by atoms with E-state index in [1.54, 1.807) is 6.20 Å². The highest BCUT2D eigenvalue weighted by molar-refractivity contribution is 5.95. The fraction of sp³-hybridized carbons (Fsp3) is 0.538. The van der Waals surface area contributed by atoms with E-state index in [0.29, 0.717) is 17.4 Å². The summed E-state index contributed by atoms with van der Waals surface area (Å²) in [5.41, 5.74) is 8.04. The molecule has 0 atom stereocenters. The van der Waals surface area contributed by atoms with Crippen molar-refractivity contribution in [2.24, 2.45) is 11.7 Å². The van der Waals surface area contributed by atoms with Gasteiger partial charge in [0.1, 0.15) is 0 Å². The topological polar surface area (TPSA) is 56.0 Å². The summed E-state index contributed by atoms with van der Waals surface area (Å²) in [7, 11) is 0. The number of primary amides is 1. The van der Waals surface area contributed by atoms with Gasteiger partial charge in [0.25, 0.3) is 5.91 Å². The number of amides is 1. The van der Waals surface area contributed by atoms with Crippen LogP contribution in [0.15, 0.2) is 12.3 Å². The third-order valence-electron chi connectivity index (χ3n) is 3.11. The Morgan fingerprint density at radius 1 is 1.56 bits per heavy atom. The van der Waals surface area contributed by atoms with Crippen LogP contribution < -0.4 is 5.73 Å². The summed E-state index contributed by atoms with van der Waals surface area (Å²) in [4.78, 5) is 15.9. The molecule has 1 fully saturated rings. The number of rotatable bonds is 4. The molecule has 0 spiro atoms. The maximum atomic E-state index is 11.5. The van der Waals surface area contributed by atoms with Gasteiger partial charge >= 0.3 is 0 Å². The molecule has 1 amide bonds. The summed E-state index contributed by atoms with van der Waals surface area (Å²) in [6.45, 7) is 4.14. The molecule has 2 N–H and O–H groups in total. The van der Waals surface area contributed by atoms with Crippen LogP contribution in [-0.4, -0.2) is 10.9 Å². The van der Waals surface area contributed by atoms with E-state index in [1.165, 1.54) is 12.8 Å². The second kappa shape index (κ2) is 4.24. The highest BCUT2D eigenvalue weighted by Gasteiger charge is 2.25. The molecule has 2 rings (SSSR count). The van der Waals surface area contributed by atoms with Gasteiger partial charge in [-0.25, -0.2) is 0 Å². The van der Waals surface area contributed by atoms with E-state index >= 15 is 0 Å². The molecule has 0 radical (unpaired) electrons. The molecule has 1 saturated carbocycles. The summed E-state index contributed by atoms with van der Waals surface area (Å²) >= 11 is 0. The third-order valence-corrected chi connectivity index (χ3v) is 3.11. The van der Waals surface area contributed by atoms with E-state index < -0.39 is 0 Å². The zero-order chi connectivity index (χ0) is 11.7. The zero-order valence-corrected chi connectivity index (χ0v) is 9.86. The molecule has 0 saturated heterocycles. The van der Waals surface area contributed by atoms with Gasteiger partial charge in [-0.2, -0.15) is 0 Å². The van der Waals surface area contributed by atoms with Gasteiger partial charge in [0, 0.05) is 6.20 Å². The first-order valence-corrected chi connectivity index (χ1v) is 5.87. The van der Waals surface area contributed by atoms with Crippen molar-refractivity contribution in [3.63, 3.8) is 0 Å². The minimum atomic E-state index is -0.340. The van der Waals surface area contributed by atoms with Crippen LogP contribution in [0.1, 0.15) is 54.2 Å². The molecule has 1 aliphatic carbocycles. The Morgan fingerprint density at radius 3 is 2.75 bits per heavy atom. The molecule has 86 valence electrons. The molecule has 0 aliphatic heterocycles. The molecular weight excluding hydrogens is 200 g/mol. The highest BCUT2D eigenvalue weighted by Crippen LogP contribution is 2.34.